The first-order chi connectivity index (χ1) is 20.3. The molecule has 2 atom stereocenters. The molecule has 0 aliphatic carbocycles. The Balaban J connectivity index is 1.34. The first-order valence-corrected chi connectivity index (χ1v) is 14.2. The largest absolute Gasteiger partial charge is 0.493 e. The molecule has 1 heterocycles. The molecule has 4 rings (SSSR count). The maximum atomic E-state index is 13.3. The van der Waals surface area contributed by atoms with Crippen molar-refractivity contribution >= 4 is 17.7 Å². The minimum atomic E-state index is -0.751. The summed E-state index contributed by atoms with van der Waals surface area (Å²) < 4.78 is 16.3. The van der Waals surface area contributed by atoms with E-state index in [1.165, 1.54) is 10.5 Å². The molecule has 1 saturated heterocycles. The fraction of sp³-hybridized carbons (Fsp3) is 0.364. The Morgan fingerprint density at radius 3 is 2.14 bits per heavy atom. The number of piperazine rings is 1. The Morgan fingerprint density at radius 2 is 1.52 bits per heavy atom. The van der Waals surface area contributed by atoms with Gasteiger partial charge in [0.25, 0.3) is 0 Å². The first kappa shape index (κ1) is 30.4. The summed E-state index contributed by atoms with van der Waals surface area (Å²) in [6.45, 7) is 2.02. The molecule has 222 valence electrons. The Bertz CT molecular complexity index is 1350. The van der Waals surface area contributed by atoms with Crippen molar-refractivity contribution in [3.8, 4) is 28.4 Å². The average Bonchev–Trinajstić information content (AvgIpc) is 3.01. The number of carbonyl (C=O) groups is 3. The molecular formula is C33H39N3O6. The summed E-state index contributed by atoms with van der Waals surface area (Å²) in [7, 11) is 4.70. The molecule has 1 aliphatic heterocycles. The molecule has 2 N–H and O–H groups in total. The van der Waals surface area contributed by atoms with Crippen LogP contribution in [0.3, 0.4) is 0 Å². The van der Waals surface area contributed by atoms with Crippen LogP contribution in [-0.2, 0) is 27.2 Å². The molecule has 3 aromatic rings. The van der Waals surface area contributed by atoms with Crippen molar-refractivity contribution in [1.82, 2.24) is 15.5 Å². The maximum Gasteiger partial charge on any atom is 0.246 e. The van der Waals surface area contributed by atoms with E-state index in [1.54, 1.807) is 28.3 Å². The van der Waals surface area contributed by atoms with E-state index in [1.807, 2.05) is 54.6 Å². The van der Waals surface area contributed by atoms with E-state index in [2.05, 4.69) is 22.8 Å². The van der Waals surface area contributed by atoms with Gasteiger partial charge in [0.15, 0.2) is 11.5 Å². The van der Waals surface area contributed by atoms with Crippen LogP contribution in [0.1, 0.15) is 30.9 Å². The summed E-state index contributed by atoms with van der Waals surface area (Å²) in [5.41, 5.74) is 3.95. The maximum absolute atomic E-state index is 13.3. The number of methoxy groups -OCH3 is 3. The minimum Gasteiger partial charge on any atom is -0.493 e. The van der Waals surface area contributed by atoms with Crippen LogP contribution in [0, 0.1) is 0 Å². The van der Waals surface area contributed by atoms with Crippen molar-refractivity contribution in [3.05, 3.63) is 77.9 Å². The highest BCUT2D eigenvalue weighted by molar-refractivity contribution is 5.98. The highest BCUT2D eigenvalue weighted by Gasteiger charge is 2.38. The van der Waals surface area contributed by atoms with Crippen LogP contribution < -0.4 is 24.8 Å². The lowest BCUT2D eigenvalue weighted by atomic mass is 9.97. The Kier molecular flexibility index (Phi) is 10.4. The van der Waals surface area contributed by atoms with Gasteiger partial charge in [-0.1, -0.05) is 54.6 Å². The Labute approximate surface area is 247 Å². The second-order valence-electron chi connectivity index (χ2n) is 10.3. The molecule has 0 radical (unpaired) electrons. The van der Waals surface area contributed by atoms with Crippen molar-refractivity contribution in [1.29, 1.82) is 0 Å². The van der Waals surface area contributed by atoms with E-state index >= 15 is 0 Å². The summed E-state index contributed by atoms with van der Waals surface area (Å²) in [6, 6.07) is 20.2. The van der Waals surface area contributed by atoms with Gasteiger partial charge in [0.2, 0.25) is 23.5 Å². The number of rotatable bonds is 13. The number of aryl methyl sites for hydroxylation is 1. The summed E-state index contributed by atoms with van der Waals surface area (Å²) in [5.74, 6) is 0.814. The zero-order chi connectivity index (χ0) is 30.1. The van der Waals surface area contributed by atoms with Gasteiger partial charge >= 0.3 is 0 Å². The summed E-state index contributed by atoms with van der Waals surface area (Å²) >= 11 is 0. The van der Waals surface area contributed by atoms with Gasteiger partial charge in [0.1, 0.15) is 18.6 Å². The Morgan fingerprint density at radius 1 is 0.857 bits per heavy atom. The molecule has 9 heteroatoms. The van der Waals surface area contributed by atoms with Crippen LogP contribution in [0.15, 0.2) is 66.7 Å². The highest BCUT2D eigenvalue weighted by Crippen LogP contribution is 2.41. The monoisotopic (exact) mass is 573 g/mol. The minimum absolute atomic E-state index is 0.150. The van der Waals surface area contributed by atoms with Gasteiger partial charge in [0.05, 0.1) is 21.3 Å². The lowest BCUT2D eigenvalue weighted by molar-refractivity contribution is -0.150. The fourth-order valence-corrected chi connectivity index (χ4v) is 5.09. The number of unbranched alkanes of at least 4 members (excludes halogenated alkanes) is 1. The predicted octanol–water partition coefficient (Wildman–Crippen LogP) is 3.78. The number of nitrogens with one attached hydrogen (secondary N) is 2. The van der Waals surface area contributed by atoms with E-state index in [0.717, 1.165) is 36.0 Å². The molecule has 1 aliphatic rings. The highest BCUT2D eigenvalue weighted by atomic mass is 16.5. The fourth-order valence-electron chi connectivity index (χ4n) is 5.09. The van der Waals surface area contributed by atoms with Crippen molar-refractivity contribution in [2.45, 2.75) is 44.7 Å². The van der Waals surface area contributed by atoms with Gasteiger partial charge in [-0.05, 0) is 60.6 Å². The molecule has 0 spiro atoms. The molecule has 0 bridgehead atoms. The van der Waals surface area contributed by atoms with Gasteiger partial charge in [-0.15, -0.1) is 0 Å². The summed E-state index contributed by atoms with van der Waals surface area (Å²) in [4.78, 5) is 40.1. The summed E-state index contributed by atoms with van der Waals surface area (Å²) in [6.07, 6.45) is 3.04. The van der Waals surface area contributed by atoms with Gasteiger partial charge in [-0.25, -0.2) is 0 Å². The topological polar surface area (TPSA) is 106 Å². The van der Waals surface area contributed by atoms with E-state index in [9.17, 15) is 14.4 Å². The van der Waals surface area contributed by atoms with Crippen molar-refractivity contribution < 1.29 is 28.6 Å². The van der Waals surface area contributed by atoms with Crippen molar-refractivity contribution in [3.63, 3.8) is 0 Å². The molecule has 3 aromatic carbocycles. The van der Waals surface area contributed by atoms with E-state index in [0.29, 0.717) is 30.2 Å². The average molecular weight is 574 g/mol. The zero-order valence-corrected chi connectivity index (χ0v) is 24.6. The second-order valence-corrected chi connectivity index (χ2v) is 10.3. The number of amides is 3. The first-order valence-electron chi connectivity index (χ1n) is 14.2. The lowest BCUT2D eigenvalue weighted by Gasteiger charge is -2.37. The molecule has 42 heavy (non-hydrogen) atoms. The van der Waals surface area contributed by atoms with Crippen LogP contribution in [0.25, 0.3) is 11.1 Å². The molecular weight excluding hydrogens is 534 g/mol. The van der Waals surface area contributed by atoms with Gasteiger partial charge in [-0.3, -0.25) is 14.4 Å². The molecule has 9 nitrogen and oxygen atoms in total. The molecule has 3 amide bonds. The smallest absolute Gasteiger partial charge is 0.246 e. The van der Waals surface area contributed by atoms with Crippen LogP contribution in [0.4, 0.5) is 0 Å². The van der Waals surface area contributed by atoms with Crippen LogP contribution in [-0.4, -0.2) is 69.1 Å². The molecule has 1 unspecified atom stereocenters. The number of hydrogen-bond donors (Lipinski definition) is 2. The van der Waals surface area contributed by atoms with Crippen LogP contribution >= 0.6 is 0 Å². The molecule has 0 saturated carbocycles. The third-order valence-electron chi connectivity index (χ3n) is 7.51. The predicted molar refractivity (Wildman–Crippen MR) is 161 cm³/mol. The van der Waals surface area contributed by atoms with Crippen molar-refractivity contribution in [2.75, 3.05) is 34.4 Å². The SMILES string of the molecule is COc1cc(-c2ccc(CC3NC(=O)[C@@H](C)N(CC(=O)NCCCCc4ccccc4)C3=O)cc2)cc(OC)c1OC. The van der Waals surface area contributed by atoms with Crippen LogP contribution in [0.2, 0.25) is 0 Å². The number of ether oxygens (including phenoxy) is 3. The number of carbonyl (C=O) groups excluding carboxylic acids is 3. The zero-order valence-electron chi connectivity index (χ0n) is 24.6. The second kappa shape index (κ2) is 14.4. The Hall–Kier alpha value is -4.53. The number of nitrogens with zero attached hydrogens (tertiary/aromatic N) is 1. The van der Waals surface area contributed by atoms with Gasteiger partial charge in [0, 0.05) is 13.0 Å². The van der Waals surface area contributed by atoms with Crippen LogP contribution in [0.5, 0.6) is 17.2 Å². The van der Waals surface area contributed by atoms with Gasteiger partial charge in [-0.2, -0.15) is 0 Å². The van der Waals surface area contributed by atoms with Gasteiger partial charge < -0.3 is 29.7 Å². The summed E-state index contributed by atoms with van der Waals surface area (Å²) in [5, 5.41) is 5.72. The number of hydrogen-bond acceptors (Lipinski definition) is 6. The lowest BCUT2D eigenvalue weighted by Crippen LogP contribution is -2.64. The van der Waals surface area contributed by atoms with E-state index in [-0.39, 0.29) is 24.3 Å². The standard InChI is InChI=1S/C33H39N3O6/c1-22-32(38)35-27(33(39)36(22)21-30(37)34-17-9-8-12-23-10-6-5-7-11-23)18-24-13-15-25(16-14-24)26-19-28(40-2)31(42-4)29(20-26)41-3/h5-7,10-11,13-16,19-20,22,27H,8-9,12,17-18,21H2,1-4H3,(H,34,37)(H,35,38)/t22-,27?/m1/s1. The third-order valence-corrected chi connectivity index (χ3v) is 7.51. The van der Waals surface area contributed by atoms with Crippen molar-refractivity contribution in [2.24, 2.45) is 0 Å². The van der Waals surface area contributed by atoms with E-state index in [4.69, 9.17) is 14.2 Å². The molecule has 0 aromatic heterocycles. The number of benzene rings is 3. The quantitative estimate of drug-likeness (QED) is 0.302. The van der Waals surface area contributed by atoms with E-state index < -0.39 is 12.1 Å². The third kappa shape index (κ3) is 7.40. The normalized spacial score (nSPS) is 16.5. The molecule has 1 fully saturated rings.